The van der Waals surface area contributed by atoms with Gasteiger partial charge in [0.25, 0.3) is 5.91 Å². The summed E-state index contributed by atoms with van der Waals surface area (Å²) in [4.78, 5) is 23.9. The van der Waals surface area contributed by atoms with E-state index in [0.29, 0.717) is 18.4 Å². The maximum Gasteiger partial charge on any atom is 0.305 e. The van der Waals surface area contributed by atoms with Crippen LogP contribution in [0.5, 0.6) is 5.75 Å². The molecule has 0 unspecified atom stereocenters. The Bertz CT molecular complexity index is 832. The number of amides is 1. The Morgan fingerprint density at radius 3 is 2.38 bits per heavy atom. The lowest BCUT2D eigenvalue weighted by atomic mass is 9.74. The van der Waals surface area contributed by atoms with Gasteiger partial charge in [-0.2, -0.15) is 0 Å². The van der Waals surface area contributed by atoms with E-state index >= 15 is 0 Å². The highest BCUT2D eigenvalue weighted by atomic mass is 16.5. The van der Waals surface area contributed by atoms with Crippen molar-refractivity contribution < 1.29 is 19.4 Å². The number of hydrogen-bond donors (Lipinski definition) is 2. The van der Waals surface area contributed by atoms with Crippen LogP contribution >= 0.6 is 0 Å². The first-order valence-corrected chi connectivity index (χ1v) is 8.73. The van der Waals surface area contributed by atoms with Crippen LogP contribution < -0.4 is 10.1 Å². The highest BCUT2D eigenvalue weighted by Gasteiger charge is 2.40. The lowest BCUT2D eigenvalue weighted by molar-refractivity contribution is -0.139. The molecule has 1 aliphatic rings. The van der Waals surface area contributed by atoms with Gasteiger partial charge in [-0.15, -0.1) is 0 Å². The summed E-state index contributed by atoms with van der Waals surface area (Å²) in [5, 5.41) is 12.1. The van der Waals surface area contributed by atoms with Crippen molar-refractivity contribution >= 4 is 11.9 Å². The molecule has 2 aromatic rings. The van der Waals surface area contributed by atoms with Crippen molar-refractivity contribution in [3.63, 3.8) is 0 Å². The molecule has 6 heteroatoms. The minimum Gasteiger partial charge on any atom is -0.497 e. The summed E-state index contributed by atoms with van der Waals surface area (Å²) in [5.41, 5.74) is 2.69. The molecular formula is C20H24N2O4. The summed E-state index contributed by atoms with van der Waals surface area (Å²) in [6, 6.07) is 9.49. The van der Waals surface area contributed by atoms with Gasteiger partial charge in [-0.3, -0.25) is 9.59 Å². The standard InChI is InChI=1S/C20H24N2O4/c1-13-11-17(19(25)21-20(9-4-10-20)12-18(23)24)14(2)22(13)15-5-7-16(26-3)8-6-15/h5-8,11H,4,9-10,12H2,1-3H3,(H,21,25)(H,23,24). The number of carboxylic acids is 1. The Balaban J connectivity index is 1.87. The van der Waals surface area contributed by atoms with Gasteiger partial charge in [0.15, 0.2) is 0 Å². The third-order valence-corrected chi connectivity index (χ3v) is 5.19. The van der Waals surface area contributed by atoms with Crippen LogP contribution in [0.3, 0.4) is 0 Å². The second-order valence-electron chi connectivity index (χ2n) is 6.98. The molecule has 0 bridgehead atoms. The summed E-state index contributed by atoms with van der Waals surface area (Å²) in [5.74, 6) is -0.317. The van der Waals surface area contributed by atoms with Crippen LogP contribution in [-0.2, 0) is 4.79 Å². The van der Waals surface area contributed by atoms with E-state index in [0.717, 1.165) is 29.2 Å². The Morgan fingerprint density at radius 1 is 1.23 bits per heavy atom. The highest BCUT2D eigenvalue weighted by molar-refractivity contribution is 5.96. The number of methoxy groups -OCH3 is 1. The van der Waals surface area contributed by atoms with Gasteiger partial charge in [0.2, 0.25) is 0 Å². The molecule has 1 aromatic heterocycles. The average molecular weight is 356 g/mol. The van der Waals surface area contributed by atoms with Crippen molar-refractivity contribution in [2.24, 2.45) is 0 Å². The number of benzene rings is 1. The third kappa shape index (κ3) is 3.31. The molecule has 1 saturated carbocycles. The molecule has 138 valence electrons. The zero-order valence-electron chi connectivity index (χ0n) is 15.3. The van der Waals surface area contributed by atoms with E-state index in [2.05, 4.69) is 5.32 Å². The zero-order chi connectivity index (χ0) is 18.9. The molecule has 26 heavy (non-hydrogen) atoms. The van der Waals surface area contributed by atoms with E-state index < -0.39 is 11.5 Å². The lowest BCUT2D eigenvalue weighted by Gasteiger charge is -2.41. The van der Waals surface area contributed by atoms with Crippen molar-refractivity contribution in [3.05, 3.63) is 47.3 Å². The highest BCUT2D eigenvalue weighted by Crippen LogP contribution is 2.35. The quantitative estimate of drug-likeness (QED) is 0.833. The van der Waals surface area contributed by atoms with Crippen LogP contribution in [0.2, 0.25) is 0 Å². The molecule has 1 aliphatic carbocycles. The molecular weight excluding hydrogens is 332 g/mol. The van der Waals surface area contributed by atoms with Gasteiger partial charge in [-0.25, -0.2) is 0 Å². The molecule has 6 nitrogen and oxygen atoms in total. The van der Waals surface area contributed by atoms with Gasteiger partial charge < -0.3 is 19.7 Å². The predicted octanol–water partition coefficient (Wildman–Crippen LogP) is 3.23. The molecule has 0 saturated heterocycles. The molecule has 3 rings (SSSR count). The van der Waals surface area contributed by atoms with Gasteiger partial charge in [0.05, 0.1) is 24.6 Å². The van der Waals surface area contributed by atoms with Crippen molar-refractivity contribution in [2.45, 2.75) is 45.1 Å². The van der Waals surface area contributed by atoms with Gasteiger partial charge in [0.1, 0.15) is 5.75 Å². The van der Waals surface area contributed by atoms with Gasteiger partial charge in [-0.1, -0.05) is 0 Å². The predicted molar refractivity (Wildman–Crippen MR) is 98.1 cm³/mol. The average Bonchev–Trinajstić information content (AvgIpc) is 2.87. The fraction of sp³-hybridized carbons (Fsp3) is 0.400. The number of nitrogens with one attached hydrogen (secondary N) is 1. The number of aliphatic carboxylic acids is 1. The van der Waals surface area contributed by atoms with Crippen molar-refractivity contribution in [1.29, 1.82) is 0 Å². The molecule has 0 radical (unpaired) electrons. The van der Waals surface area contributed by atoms with E-state index in [4.69, 9.17) is 9.84 Å². The maximum absolute atomic E-state index is 12.8. The monoisotopic (exact) mass is 356 g/mol. The summed E-state index contributed by atoms with van der Waals surface area (Å²) in [7, 11) is 1.62. The number of aromatic nitrogens is 1. The fourth-order valence-electron chi connectivity index (χ4n) is 3.67. The SMILES string of the molecule is COc1ccc(-n2c(C)cc(C(=O)NC3(CC(=O)O)CCC3)c2C)cc1. The lowest BCUT2D eigenvalue weighted by Crippen LogP contribution is -2.54. The molecule has 1 amide bonds. The molecule has 0 spiro atoms. The molecule has 0 aliphatic heterocycles. The summed E-state index contributed by atoms with van der Waals surface area (Å²) in [6.07, 6.45) is 2.33. The number of carbonyl (C=O) groups excluding carboxylic acids is 1. The van der Waals surface area contributed by atoms with Crippen LogP contribution in [-0.4, -0.2) is 34.2 Å². The Hall–Kier alpha value is -2.76. The van der Waals surface area contributed by atoms with Gasteiger partial charge in [-0.05, 0) is 63.4 Å². The summed E-state index contributed by atoms with van der Waals surface area (Å²) < 4.78 is 7.21. The van der Waals surface area contributed by atoms with Crippen molar-refractivity contribution in [1.82, 2.24) is 9.88 Å². The van der Waals surface area contributed by atoms with Crippen LogP contribution in [0.15, 0.2) is 30.3 Å². The number of nitrogens with zero attached hydrogens (tertiary/aromatic N) is 1. The number of aryl methyl sites for hydroxylation is 1. The number of ether oxygens (including phenoxy) is 1. The zero-order valence-corrected chi connectivity index (χ0v) is 15.3. The van der Waals surface area contributed by atoms with Crippen molar-refractivity contribution in [3.8, 4) is 11.4 Å². The molecule has 2 N–H and O–H groups in total. The molecule has 1 fully saturated rings. The topological polar surface area (TPSA) is 80.6 Å². The molecule has 1 heterocycles. The van der Waals surface area contributed by atoms with Gasteiger partial charge >= 0.3 is 5.97 Å². The maximum atomic E-state index is 12.8. The smallest absolute Gasteiger partial charge is 0.305 e. The first-order chi connectivity index (χ1) is 12.3. The summed E-state index contributed by atoms with van der Waals surface area (Å²) >= 11 is 0. The Labute approximate surface area is 152 Å². The number of rotatable bonds is 6. The van der Waals surface area contributed by atoms with E-state index in [-0.39, 0.29) is 12.3 Å². The van der Waals surface area contributed by atoms with E-state index in [1.165, 1.54) is 0 Å². The number of carbonyl (C=O) groups is 2. The first-order valence-electron chi connectivity index (χ1n) is 8.73. The van der Waals surface area contributed by atoms with E-state index in [1.807, 2.05) is 48.7 Å². The third-order valence-electron chi connectivity index (χ3n) is 5.19. The number of hydrogen-bond acceptors (Lipinski definition) is 3. The Kier molecular flexibility index (Phi) is 4.76. The van der Waals surface area contributed by atoms with Crippen LogP contribution in [0.1, 0.15) is 47.4 Å². The van der Waals surface area contributed by atoms with Crippen LogP contribution in [0.25, 0.3) is 5.69 Å². The van der Waals surface area contributed by atoms with Crippen LogP contribution in [0, 0.1) is 13.8 Å². The van der Waals surface area contributed by atoms with E-state index in [9.17, 15) is 9.59 Å². The van der Waals surface area contributed by atoms with E-state index in [1.54, 1.807) is 7.11 Å². The fourth-order valence-corrected chi connectivity index (χ4v) is 3.67. The second kappa shape index (κ2) is 6.86. The molecule has 0 atom stereocenters. The minimum atomic E-state index is -0.881. The normalized spacial score (nSPS) is 15.2. The summed E-state index contributed by atoms with van der Waals surface area (Å²) in [6.45, 7) is 3.85. The largest absolute Gasteiger partial charge is 0.497 e. The number of carboxylic acid groups (broad SMARTS) is 1. The van der Waals surface area contributed by atoms with Gasteiger partial charge in [0, 0.05) is 17.1 Å². The first kappa shape index (κ1) is 18.0. The second-order valence-corrected chi connectivity index (χ2v) is 6.98. The molecule has 1 aromatic carbocycles. The van der Waals surface area contributed by atoms with Crippen molar-refractivity contribution in [2.75, 3.05) is 7.11 Å². The van der Waals surface area contributed by atoms with Crippen LogP contribution in [0.4, 0.5) is 0 Å². The minimum absolute atomic E-state index is 0.0318. The Morgan fingerprint density at radius 2 is 1.88 bits per heavy atom.